The molecule has 1 heterocycles. The van der Waals surface area contributed by atoms with Crippen LogP contribution in [0.5, 0.6) is 5.75 Å². The molecular formula is C18H24N2O5. The van der Waals surface area contributed by atoms with E-state index in [-0.39, 0.29) is 24.2 Å². The zero-order valence-corrected chi connectivity index (χ0v) is 14.5. The van der Waals surface area contributed by atoms with E-state index in [1.54, 1.807) is 19.9 Å². The van der Waals surface area contributed by atoms with Crippen LogP contribution < -0.4 is 15.4 Å². The van der Waals surface area contributed by atoms with Gasteiger partial charge in [-0.05, 0) is 42.5 Å². The highest BCUT2D eigenvalue weighted by atomic mass is 16.5. The van der Waals surface area contributed by atoms with Gasteiger partial charge in [-0.2, -0.15) is 0 Å². The van der Waals surface area contributed by atoms with E-state index >= 15 is 0 Å². The number of amides is 2. The van der Waals surface area contributed by atoms with E-state index in [1.807, 2.05) is 12.1 Å². The van der Waals surface area contributed by atoms with E-state index < -0.39 is 12.0 Å². The molecule has 7 heteroatoms. The molecule has 1 atom stereocenters. The third-order valence-electron chi connectivity index (χ3n) is 4.04. The lowest BCUT2D eigenvalue weighted by Crippen LogP contribution is -2.44. The van der Waals surface area contributed by atoms with Crippen LogP contribution in [0, 0.1) is 5.92 Å². The summed E-state index contributed by atoms with van der Waals surface area (Å²) in [6.45, 7) is 3.86. The van der Waals surface area contributed by atoms with Gasteiger partial charge in [0.25, 0.3) is 0 Å². The Morgan fingerprint density at radius 1 is 1.32 bits per heavy atom. The van der Waals surface area contributed by atoms with Crippen LogP contribution in [0.3, 0.4) is 0 Å². The van der Waals surface area contributed by atoms with Crippen molar-refractivity contribution in [1.82, 2.24) is 5.32 Å². The van der Waals surface area contributed by atoms with Crippen LogP contribution in [-0.4, -0.2) is 35.5 Å². The van der Waals surface area contributed by atoms with E-state index in [4.69, 9.17) is 9.84 Å². The maximum absolute atomic E-state index is 11.8. The summed E-state index contributed by atoms with van der Waals surface area (Å²) in [4.78, 5) is 34.2. The summed E-state index contributed by atoms with van der Waals surface area (Å²) >= 11 is 0. The molecule has 0 fully saturated rings. The van der Waals surface area contributed by atoms with Crippen LogP contribution in [0.4, 0.5) is 5.69 Å². The fourth-order valence-electron chi connectivity index (χ4n) is 2.63. The third kappa shape index (κ3) is 5.48. The Kier molecular flexibility index (Phi) is 6.38. The van der Waals surface area contributed by atoms with E-state index in [0.29, 0.717) is 31.6 Å². The second-order valence-electron chi connectivity index (χ2n) is 6.45. The van der Waals surface area contributed by atoms with Crippen molar-refractivity contribution in [2.45, 2.75) is 45.6 Å². The topological polar surface area (TPSA) is 105 Å². The number of ether oxygens (including phenoxy) is 1. The first-order chi connectivity index (χ1) is 11.9. The quantitative estimate of drug-likeness (QED) is 0.623. The smallest absolute Gasteiger partial charge is 0.326 e. The molecule has 2 rings (SSSR count). The van der Waals surface area contributed by atoms with Crippen LogP contribution in [0.1, 0.15) is 38.7 Å². The van der Waals surface area contributed by atoms with Gasteiger partial charge in [0, 0.05) is 18.5 Å². The molecule has 0 radical (unpaired) electrons. The highest BCUT2D eigenvalue weighted by molar-refractivity contribution is 5.94. The summed E-state index contributed by atoms with van der Waals surface area (Å²) in [5.74, 6) is -0.776. The Balaban J connectivity index is 1.75. The van der Waals surface area contributed by atoms with Crippen molar-refractivity contribution in [3.8, 4) is 5.75 Å². The monoisotopic (exact) mass is 348 g/mol. The van der Waals surface area contributed by atoms with Crippen molar-refractivity contribution < 1.29 is 24.2 Å². The maximum Gasteiger partial charge on any atom is 0.326 e. The summed E-state index contributed by atoms with van der Waals surface area (Å²) in [7, 11) is 0. The van der Waals surface area contributed by atoms with E-state index in [9.17, 15) is 14.4 Å². The number of aryl methyl sites for hydroxylation is 1. The molecule has 0 aromatic heterocycles. The zero-order valence-electron chi connectivity index (χ0n) is 14.5. The van der Waals surface area contributed by atoms with Gasteiger partial charge in [-0.25, -0.2) is 4.79 Å². The van der Waals surface area contributed by atoms with Gasteiger partial charge in [0.05, 0.1) is 6.61 Å². The van der Waals surface area contributed by atoms with E-state index in [2.05, 4.69) is 10.6 Å². The standard InChI is InChI=1S/C18H24N2O5/c1-11(2)17(18(23)24)20-15(21)4-3-9-25-13-6-7-14-12(10-13)5-8-16(22)19-14/h6-7,10-11,17H,3-5,8-9H2,1-2H3,(H,19,22)(H,20,21)(H,23,24). The first-order valence-corrected chi connectivity index (χ1v) is 8.44. The van der Waals surface area contributed by atoms with Crippen LogP contribution in [0.15, 0.2) is 18.2 Å². The first kappa shape index (κ1) is 18.8. The molecule has 0 spiro atoms. The molecule has 3 N–H and O–H groups in total. The summed E-state index contributed by atoms with van der Waals surface area (Å²) in [5, 5.41) is 14.4. The molecule has 25 heavy (non-hydrogen) atoms. The average molecular weight is 348 g/mol. The van der Waals surface area contributed by atoms with Crippen molar-refractivity contribution in [2.24, 2.45) is 5.92 Å². The third-order valence-corrected chi connectivity index (χ3v) is 4.04. The summed E-state index contributed by atoms with van der Waals surface area (Å²) < 4.78 is 5.64. The van der Waals surface area contributed by atoms with E-state index in [1.165, 1.54) is 0 Å². The van der Waals surface area contributed by atoms with Crippen molar-refractivity contribution >= 4 is 23.5 Å². The number of carboxylic acid groups (broad SMARTS) is 1. The Labute approximate surface area is 146 Å². The number of carbonyl (C=O) groups excluding carboxylic acids is 2. The minimum Gasteiger partial charge on any atom is -0.494 e. The van der Waals surface area contributed by atoms with Gasteiger partial charge in [-0.1, -0.05) is 13.8 Å². The first-order valence-electron chi connectivity index (χ1n) is 8.44. The summed E-state index contributed by atoms with van der Waals surface area (Å²) in [6.07, 6.45) is 1.85. The van der Waals surface area contributed by atoms with Gasteiger partial charge >= 0.3 is 5.97 Å². The maximum atomic E-state index is 11.8. The van der Waals surface area contributed by atoms with Crippen molar-refractivity contribution in [2.75, 3.05) is 11.9 Å². The Hall–Kier alpha value is -2.57. The normalized spacial score (nSPS) is 14.4. The highest BCUT2D eigenvalue weighted by Gasteiger charge is 2.23. The molecule has 0 aliphatic carbocycles. The van der Waals surface area contributed by atoms with Gasteiger partial charge in [-0.3, -0.25) is 9.59 Å². The number of fused-ring (bicyclic) bond motifs is 1. The van der Waals surface area contributed by atoms with Crippen molar-refractivity contribution in [1.29, 1.82) is 0 Å². The molecule has 0 saturated heterocycles. The SMILES string of the molecule is CC(C)C(NC(=O)CCCOc1ccc2c(c1)CCC(=O)N2)C(=O)O. The molecule has 1 aromatic rings. The highest BCUT2D eigenvalue weighted by Crippen LogP contribution is 2.26. The molecule has 0 saturated carbocycles. The lowest BCUT2D eigenvalue weighted by Gasteiger charge is -2.18. The lowest BCUT2D eigenvalue weighted by atomic mass is 10.0. The number of hydrogen-bond acceptors (Lipinski definition) is 4. The number of nitrogens with one attached hydrogen (secondary N) is 2. The fourth-order valence-corrected chi connectivity index (χ4v) is 2.63. The minimum atomic E-state index is -1.03. The predicted octanol–water partition coefficient (Wildman–Crippen LogP) is 1.96. The molecule has 1 unspecified atom stereocenters. The Morgan fingerprint density at radius 2 is 2.08 bits per heavy atom. The van der Waals surface area contributed by atoms with Crippen molar-refractivity contribution in [3.63, 3.8) is 0 Å². The summed E-state index contributed by atoms with van der Waals surface area (Å²) in [6, 6.07) is 4.62. The minimum absolute atomic E-state index is 0.0215. The lowest BCUT2D eigenvalue weighted by molar-refractivity contribution is -0.143. The predicted molar refractivity (Wildman–Crippen MR) is 92.5 cm³/mol. The van der Waals surface area contributed by atoms with Crippen LogP contribution >= 0.6 is 0 Å². The molecule has 1 aliphatic heterocycles. The van der Waals surface area contributed by atoms with Gasteiger partial charge in [-0.15, -0.1) is 0 Å². The Morgan fingerprint density at radius 3 is 2.76 bits per heavy atom. The number of hydrogen-bond donors (Lipinski definition) is 3. The second kappa shape index (κ2) is 8.50. The van der Waals surface area contributed by atoms with Gasteiger partial charge in [0.2, 0.25) is 11.8 Å². The van der Waals surface area contributed by atoms with Gasteiger partial charge < -0.3 is 20.5 Å². The molecular weight excluding hydrogens is 324 g/mol. The number of benzene rings is 1. The molecule has 1 aromatic carbocycles. The fraction of sp³-hybridized carbons (Fsp3) is 0.500. The second-order valence-corrected chi connectivity index (χ2v) is 6.45. The largest absolute Gasteiger partial charge is 0.494 e. The van der Waals surface area contributed by atoms with Crippen LogP contribution in [-0.2, 0) is 20.8 Å². The zero-order chi connectivity index (χ0) is 18.4. The number of carboxylic acids is 1. The molecule has 1 aliphatic rings. The number of anilines is 1. The van der Waals surface area contributed by atoms with Gasteiger partial charge in [0.15, 0.2) is 0 Å². The molecule has 136 valence electrons. The summed E-state index contributed by atoms with van der Waals surface area (Å²) in [5.41, 5.74) is 1.85. The molecule has 0 bridgehead atoms. The van der Waals surface area contributed by atoms with Crippen LogP contribution in [0.2, 0.25) is 0 Å². The molecule has 7 nitrogen and oxygen atoms in total. The van der Waals surface area contributed by atoms with Gasteiger partial charge in [0.1, 0.15) is 11.8 Å². The Bertz CT molecular complexity index is 657. The molecule has 2 amide bonds. The number of aliphatic carboxylic acids is 1. The van der Waals surface area contributed by atoms with E-state index in [0.717, 1.165) is 11.3 Å². The number of rotatable bonds is 8. The average Bonchev–Trinajstić information content (AvgIpc) is 2.56. The van der Waals surface area contributed by atoms with Crippen LogP contribution in [0.25, 0.3) is 0 Å². The van der Waals surface area contributed by atoms with Crippen molar-refractivity contribution in [3.05, 3.63) is 23.8 Å². The number of carbonyl (C=O) groups is 3.